The van der Waals surface area contributed by atoms with E-state index in [9.17, 15) is 9.59 Å². The standard InChI is InChI=1S/C24H27N5O2/c1-28-16-14-25-22(28)21(18-9-4-2-5-10-18)27-23(30)19-11-8-15-29(17-19)24(31)26-20-12-6-3-7-13-20/h2-7,9-10,12-14,16,19,21H,8,11,15,17H2,1H3,(H,26,31)(H,27,30). The Kier molecular flexibility index (Phi) is 6.31. The van der Waals surface area contributed by atoms with Gasteiger partial charge in [0, 0.05) is 38.2 Å². The van der Waals surface area contributed by atoms with Gasteiger partial charge >= 0.3 is 6.03 Å². The van der Waals surface area contributed by atoms with Crippen molar-refractivity contribution in [1.29, 1.82) is 0 Å². The molecule has 1 aliphatic heterocycles. The molecule has 4 rings (SSSR count). The number of nitrogens with one attached hydrogen (secondary N) is 2. The van der Waals surface area contributed by atoms with Crippen molar-refractivity contribution in [2.45, 2.75) is 18.9 Å². The van der Waals surface area contributed by atoms with E-state index in [4.69, 9.17) is 0 Å². The lowest BCUT2D eigenvalue weighted by atomic mass is 9.96. The molecule has 0 saturated carbocycles. The zero-order chi connectivity index (χ0) is 21.6. The summed E-state index contributed by atoms with van der Waals surface area (Å²) in [5, 5.41) is 6.08. The molecule has 2 aromatic carbocycles. The highest BCUT2D eigenvalue weighted by atomic mass is 16.2. The number of imidazole rings is 1. The van der Waals surface area contributed by atoms with E-state index in [0.717, 1.165) is 29.9 Å². The summed E-state index contributed by atoms with van der Waals surface area (Å²) in [6.07, 6.45) is 5.14. The fraction of sp³-hybridized carbons (Fsp3) is 0.292. The van der Waals surface area contributed by atoms with Gasteiger partial charge in [0.1, 0.15) is 11.9 Å². The third-order valence-electron chi connectivity index (χ3n) is 5.64. The summed E-state index contributed by atoms with van der Waals surface area (Å²) in [4.78, 5) is 32.1. The van der Waals surface area contributed by atoms with E-state index < -0.39 is 0 Å². The number of amides is 3. The van der Waals surface area contributed by atoms with Crippen LogP contribution in [0.5, 0.6) is 0 Å². The number of carbonyl (C=O) groups is 2. The molecule has 1 aliphatic rings. The van der Waals surface area contributed by atoms with E-state index in [2.05, 4.69) is 15.6 Å². The summed E-state index contributed by atoms with van der Waals surface area (Å²) < 4.78 is 1.92. The van der Waals surface area contributed by atoms with Gasteiger partial charge in [-0.1, -0.05) is 48.5 Å². The summed E-state index contributed by atoms with van der Waals surface area (Å²) in [6.45, 7) is 1.04. The van der Waals surface area contributed by atoms with Crippen LogP contribution in [0.2, 0.25) is 0 Å². The van der Waals surface area contributed by atoms with Crippen molar-refractivity contribution in [2.24, 2.45) is 13.0 Å². The van der Waals surface area contributed by atoms with Crippen LogP contribution < -0.4 is 10.6 Å². The van der Waals surface area contributed by atoms with Gasteiger partial charge in [-0.15, -0.1) is 0 Å². The molecule has 0 bridgehead atoms. The van der Waals surface area contributed by atoms with Crippen molar-refractivity contribution in [3.05, 3.63) is 84.4 Å². The van der Waals surface area contributed by atoms with Gasteiger partial charge < -0.3 is 20.1 Å². The van der Waals surface area contributed by atoms with Gasteiger partial charge in [0.25, 0.3) is 0 Å². The number of aryl methyl sites for hydroxylation is 1. The van der Waals surface area contributed by atoms with Crippen molar-refractivity contribution in [3.8, 4) is 0 Å². The molecule has 3 amide bonds. The molecule has 3 aromatic rings. The van der Waals surface area contributed by atoms with Crippen LogP contribution in [0.3, 0.4) is 0 Å². The Balaban J connectivity index is 1.45. The highest BCUT2D eigenvalue weighted by Crippen LogP contribution is 2.23. The van der Waals surface area contributed by atoms with Crippen LogP contribution >= 0.6 is 0 Å². The Labute approximate surface area is 182 Å². The minimum Gasteiger partial charge on any atom is -0.342 e. The van der Waals surface area contributed by atoms with Crippen molar-refractivity contribution in [3.63, 3.8) is 0 Å². The molecule has 31 heavy (non-hydrogen) atoms. The first kappa shape index (κ1) is 20.7. The lowest BCUT2D eigenvalue weighted by Crippen LogP contribution is -2.47. The summed E-state index contributed by atoms with van der Waals surface area (Å²) in [6, 6.07) is 18.7. The average Bonchev–Trinajstić information content (AvgIpc) is 3.24. The van der Waals surface area contributed by atoms with Crippen LogP contribution in [0.1, 0.15) is 30.3 Å². The maximum Gasteiger partial charge on any atom is 0.321 e. The number of piperidine rings is 1. The van der Waals surface area contributed by atoms with Gasteiger partial charge in [0.05, 0.1) is 5.92 Å². The highest BCUT2D eigenvalue weighted by molar-refractivity contribution is 5.90. The van der Waals surface area contributed by atoms with E-state index in [1.54, 1.807) is 11.1 Å². The zero-order valence-electron chi connectivity index (χ0n) is 17.6. The Hall–Kier alpha value is -3.61. The van der Waals surface area contributed by atoms with Crippen LogP contribution in [0.15, 0.2) is 73.1 Å². The second-order valence-electron chi connectivity index (χ2n) is 7.83. The molecule has 0 spiro atoms. The molecular weight excluding hydrogens is 390 g/mol. The third kappa shape index (κ3) is 4.94. The molecule has 0 aliphatic carbocycles. The Morgan fingerprint density at radius 1 is 1.06 bits per heavy atom. The average molecular weight is 418 g/mol. The predicted octanol–water partition coefficient (Wildman–Crippen LogP) is 3.57. The number of benzene rings is 2. The van der Waals surface area contributed by atoms with E-state index in [1.807, 2.05) is 78.5 Å². The van der Waals surface area contributed by atoms with Crippen LogP contribution in [-0.2, 0) is 11.8 Å². The van der Waals surface area contributed by atoms with Gasteiger partial charge in [0.15, 0.2) is 0 Å². The van der Waals surface area contributed by atoms with Gasteiger partial charge in [0.2, 0.25) is 5.91 Å². The Morgan fingerprint density at radius 3 is 2.45 bits per heavy atom. The summed E-state index contributed by atoms with van der Waals surface area (Å²) in [5.41, 5.74) is 1.72. The maximum atomic E-state index is 13.2. The number of urea groups is 1. The predicted molar refractivity (Wildman–Crippen MR) is 119 cm³/mol. The topological polar surface area (TPSA) is 79.3 Å². The van der Waals surface area contributed by atoms with Crippen LogP contribution in [0.25, 0.3) is 0 Å². The molecule has 2 heterocycles. The monoisotopic (exact) mass is 417 g/mol. The fourth-order valence-corrected chi connectivity index (χ4v) is 3.96. The Bertz CT molecular complexity index is 1020. The van der Waals surface area contributed by atoms with Crippen LogP contribution in [0, 0.1) is 5.92 Å². The van der Waals surface area contributed by atoms with Gasteiger partial charge in [-0.25, -0.2) is 9.78 Å². The summed E-state index contributed by atoms with van der Waals surface area (Å²) in [7, 11) is 1.92. The Morgan fingerprint density at radius 2 is 1.77 bits per heavy atom. The number of aromatic nitrogens is 2. The number of hydrogen-bond donors (Lipinski definition) is 2. The van der Waals surface area contributed by atoms with Crippen molar-refractivity contribution in [1.82, 2.24) is 19.8 Å². The number of anilines is 1. The number of hydrogen-bond acceptors (Lipinski definition) is 3. The van der Waals surface area contributed by atoms with Gasteiger partial charge in [-0.3, -0.25) is 4.79 Å². The molecule has 160 valence electrons. The SMILES string of the molecule is Cn1ccnc1C(NC(=O)C1CCCN(C(=O)Nc2ccccc2)C1)c1ccccc1. The van der Waals surface area contributed by atoms with E-state index >= 15 is 0 Å². The summed E-state index contributed by atoms with van der Waals surface area (Å²) in [5.74, 6) is 0.449. The minimum atomic E-state index is -0.345. The largest absolute Gasteiger partial charge is 0.342 e. The lowest BCUT2D eigenvalue weighted by Gasteiger charge is -2.33. The molecule has 2 unspecified atom stereocenters. The lowest BCUT2D eigenvalue weighted by molar-refractivity contribution is -0.126. The smallest absolute Gasteiger partial charge is 0.321 e. The molecule has 1 saturated heterocycles. The molecule has 7 heteroatoms. The first-order chi connectivity index (χ1) is 15.1. The van der Waals surface area contributed by atoms with E-state index in [1.165, 1.54) is 0 Å². The minimum absolute atomic E-state index is 0.0611. The quantitative estimate of drug-likeness (QED) is 0.666. The van der Waals surface area contributed by atoms with E-state index in [-0.39, 0.29) is 23.9 Å². The van der Waals surface area contributed by atoms with E-state index in [0.29, 0.717) is 13.1 Å². The fourth-order valence-electron chi connectivity index (χ4n) is 3.96. The number of para-hydroxylation sites is 1. The number of carbonyl (C=O) groups excluding carboxylic acids is 2. The first-order valence-electron chi connectivity index (χ1n) is 10.6. The van der Waals surface area contributed by atoms with Crippen molar-refractivity contribution < 1.29 is 9.59 Å². The molecule has 2 N–H and O–H groups in total. The molecule has 1 aromatic heterocycles. The number of rotatable bonds is 5. The molecule has 2 atom stereocenters. The van der Waals surface area contributed by atoms with Crippen molar-refractivity contribution in [2.75, 3.05) is 18.4 Å². The summed E-state index contributed by atoms with van der Waals surface area (Å²) >= 11 is 0. The van der Waals surface area contributed by atoms with Gasteiger partial charge in [-0.2, -0.15) is 0 Å². The third-order valence-corrected chi connectivity index (χ3v) is 5.64. The van der Waals surface area contributed by atoms with Crippen LogP contribution in [-0.4, -0.2) is 39.5 Å². The molecule has 7 nitrogen and oxygen atoms in total. The first-order valence-corrected chi connectivity index (χ1v) is 10.6. The molecular formula is C24H27N5O2. The molecule has 1 fully saturated rings. The van der Waals surface area contributed by atoms with Crippen LogP contribution in [0.4, 0.5) is 10.5 Å². The highest BCUT2D eigenvalue weighted by Gasteiger charge is 2.31. The second kappa shape index (κ2) is 9.47. The number of likely N-dealkylation sites (tertiary alicyclic amines) is 1. The maximum absolute atomic E-state index is 13.2. The normalized spacial score (nSPS) is 17.1. The zero-order valence-corrected chi connectivity index (χ0v) is 17.6. The molecule has 0 radical (unpaired) electrons. The van der Waals surface area contributed by atoms with Gasteiger partial charge in [-0.05, 0) is 30.5 Å². The van der Waals surface area contributed by atoms with Crippen molar-refractivity contribution >= 4 is 17.6 Å². The number of nitrogens with zero attached hydrogens (tertiary/aromatic N) is 3. The second-order valence-corrected chi connectivity index (χ2v) is 7.83.